The molecule has 0 aliphatic heterocycles. The van der Waals surface area contributed by atoms with Crippen molar-refractivity contribution in [3.05, 3.63) is 29.8 Å². The van der Waals surface area contributed by atoms with E-state index in [2.05, 4.69) is 20.8 Å². The Hall–Kier alpha value is -0.830. The van der Waals surface area contributed by atoms with Crippen molar-refractivity contribution in [3.8, 4) is 0 Å². The van der Waals surface area contributed by atoms with Crippen LogP contribution in [0.25, 0.3) is 0 Å². The van der Waals surface area contributed by atoms with Crippen molar-refractivity contribution in [2.24, 2.45) is 5.41 Å². The molecule has 0 bridgehead atoms. The minimum atomic E-state index is -3.07. The average Bonchev–Trinajstić information content (AvgIpc) is 2.16. The van der Waals surface area contributed by atoms with Crippen LogP contribution in [0.2, 0.25) is 0 Å². The van der Waals surface area contributed by atoms with Crippen molar-refractivity contribution in [2.75, 3.05) is 6.26 Å². The predicted octanol–water partition coefficient (Wildman–Crippen LogP) is 3.46. The van der Waals surface area contributed by atoms with E-state index in [1.54, 1.807) is 12.1 Å². The molecule has 96 valence electrons. The van der Waals surface area contributed by atoms with E-state index in [-0.39, 0.29) is 5.41 Å². The highest BCUT2D eigenvalue weighted by Gasteiger charge is 2.17. The van der Waals surface area contributed by atoms with Gasteiger partial charge in [-0.15, -0.1) is 0 Å². The number of hydrogen-bond acceptors (Lipinski definition) is 2. The van der Waals surface area contributed by atoms with Gasteiger partial charge in [0, 0.05) is 6.26 Å². The van der Waals surface area contributed by atoms with Crippen LogP contribution in [0.3, 0.4) is 0 Å². The quantitative estimate of drug-likeness (QED) is 0.806. The van der Waals surface area contributed by atoms with Crippen LogP contribution in [0, 0.1) is 5.41 Å². The molecular weight excluding hydrogens is 232 g/mol. The molecule has 0 amide bonds. The standard InChI is InChI=1S/C14H22O2S/c1-5-10-14(2,3)11-12-6-8-13(9-7-12)17(4,15)16/h6-9H,5,10-11H2,1-4H3. The molecule has 0 saturated carbocycles. The van der Waals surface area contributed by atoms with E-state index in [0.717, 1.165) is 6.42 Å². The van der Waals surface area contributed by atoms with Crippen LogP contribution in [0.15, 0.2) is 29.2 Å². The zero-order valence-corrected chi connectivity index (χ0v) is 12.0. The maximum Gasteiger partial charge on any atom is 0.175 e. The maximum atomic E-state index is 11.3. The molecule has 0 radical (unpaired) electrons. The van der Waals surface area contributed by atoms with Gasteiger partial charge in [0.25, 0.3) is 0 Å². The highest BCUT2D eigenvalue weighted by molar-refractivity contribution is 7.90. The molecule has 0 aliphatic carbocycles. The molecular formula is C14H22O2S. The SMILES string of the molecule is CCCC(C)(C)Cc1ccc(S(C)(=O)=O)cc1. The summed E-state index contributed by atoms with van der Waals surface area (Å²) in [5.41, 5.74) is 1.48. The van der Waals surface area contributed by atoms with Gasteiger partial charge >= 0.3 is 0 Å². The molecule has 3 heteroatoms. The van der Waals surface area contributed by atoms with E-state index in [9.17, 15) is 8.42 Å². The molecule has 0 aromatic heterocycles. The van der Waals surface area contributed by atoms with Crippen LogP contribution < -0.4 is 0 Å². The summed E-state index contributed by atoms with van der Waals surface area (Å²) in [6, 6.07) is 7.25. The highest BCUT2D eigenvalue weighted by atomic mass is 32.2. The van der Waals surface area contributed by atoms with Gasteiger partial charge in [0.05, 0.1) is 4.90 Å². The number of benzene rings is 1. The lowest BCUT2D eigenvalue weighted by Crippen LogP contribution is -2.14. The lowest BCUT2D eigenvalue weighted by atomic mass is 9.82. The van der Waals surface area contributed by atoms with E-state index >= 15 is 0 Å². The van der Waals surface area contributed by atoms with Gasteiger partial charge in [-0.3, -0.25) is 0 Å². The van der Waals surface area contributed by atoms with E-state index in [1.165, 1.54) is 24.7 Å². The van der Waals surface area contributed by atoms with E-state index in [4.69, 9.17) is 0 Å². The predicted molar refractivity (Wildman–Crippen MR) is 71.9 cm³/mol. The van der Waals surface area contributed by atoms with Crippen molar-refractivity contribution >= 4 is 9.84 Å². The van der Waals surface area contributed by atoms with Crippen LogP contribution in [0.1, 0.15) is 39.2 Å². The molecule has 0 fully saturated rings. The summed E-state index contributed by atoms with van der Waals surface area (Å²) < 4.78 is 22.7. The first-order chi connectivity index (χ1) is 7.74. The molecule has 0 unspecified atom stereocenters. The third kappa shape index (κ3) is 4.50. The van der Waals surface area contributed by atoms with Gasteiger partial charge in [0.2, 0.25) is 0 Å². The smallest absolute Gasteiger partial charge is 0.175 e. The highest BCUT2D eigenvalue weighted by Crippen LogP contribution is 2.27. The maximum absolute atomic E-state index is 11.3. The summed E-state index contributed by atoms with van der Waals surface area (Å²) in [5.74, 6) is 0. The Bertz CT molecular complexity index is 456. The van der Waals surface area contributed by atoms with Gasteiger partial charge in [-0.05, 0) is 36.0 Å². The molecule has 0 spiro atoms. The number of sulfone groups is 1. The summed E-state index contributed by atoms with van der Waals surface area (Å²) in [6.07, 6.45) is 4.59. The fourth-order valence-corrected chi connectivity index (χ4v) is 2.80. The van der Waals surface area contributed by atoms with Crippen molar-refractivity contribution < 1.29 is 8.42 Å². The summed E-state index contributed by atoms with van der Waals surface area (Å²) in [4.78, 5) is 0.398. The summed E-state index contributed by atoms with van der Waals surface area (Å²) >= 11 is 0. The second-order valence-corrected chi connectivity index (χ2v) is 7.52. The molecule has 0 heterocycles. The molecule has 1 rings (SSSR count). The largest absolute Gasteiger partial charge is 0.224 e. The van der Waals surface area contributed by atoms with Crippen molar-refractivity contribution in [3.63, 3.8) is 0 Å². The number of hydrogen-bond donors (Lipinski definition) is 0. The monoisotopic (exact) mass is 254 g/mol. The second kappa shape index (κ2) is 5.21. The molecule has 0 aliphatic rings. The van der Waals surface area contributed by atoms with E-state index in [1.807, 2.05) is 12.1 Å². The number of rotatable bonds is 5. The van der Waals surface area contributed by atoms with Gasteiger partial charge in [0.15, 0.2) is 9.84 Å². The first-order valence-corrected chi connectivity index (χ1v) is 7.93. The van der Waals surface area contributed by atoms with Gasteiger partial charge < -0.3 is 0 Å². The third-order valence-corrected chi connectivity index (χ3v) is 4.09. The van der Waals surface area contributed by atoms with E-state index in [0.29, 0.717) is 4.90 Å². The van der Waals surface area contributed by atoms with Crippen molar-refractivity contribution in [2.45, 2.75) is 44.9 Å². The third-order valence-electron chi connectivity index (χ3n) is 2.96. The van der Waals surface area contributed by atoms with Crippen LogP contribution in [0.4, 0.5) is 0 Å². The molecule has 0 N–H and O–H groups in total. The summed E-state index contributed by atoms with van der Waals surface area (Å²) in [5, 5.41) is 0. The zero-order valence-electron chi connectivity index (χ0n) is 11.2. The van der Waals surface area contributed by atoms with Gasteiger partial charge in [0.1, 0.15) is 0 Å². The minimum absolute atomic E-state index is 0.279. The topological polar surface area (TPSA) is 34.1 Å². The Morgan fingerprint density at radius 3 is 2.06 bits per heavy atom. The van der Waals surface area contributed by atoms with Crippen molar-refractivity contribution in [1.82, 2.24) is 0 Å². The minimum Gasteiger partial charge on any atom is -0.224 e. The molecule has 17 heavy (non-hydrogen) atoms. The van der Waals surface area contributed by atoms with Crippen LogP contribution in [-0.4, -0.2) is 14.7 Å². The molecule has 0 saturated heterocycles. The first kappa shape index (κ1) is 14.2. The Kier molecular flexibility index (Phi) is 4.36. The summed E-state index contributed by atoms with van der Waals surface area (Å²) in [6.45, 7) is 6.69. The fourth-order valence-electron chi connectivity index (χ4n) is 2.17. The van der Waals surface area contributed by atoms with Crippen molar-refractivity contribution in [1.29, 1.82) is 0 Å². The van der Waals surface area contributed by atoms with Crippen LogP contribution in [-0.2, 0) is 16.3 Å². The van der Waals surface area contributed by atoms with E-state index < -0.39 is 9.84 Å². The lowest BCUT2D eigenvalue weighted by Gasteiger charge is -2.24. The van der Waals surface area contributed by atoms with Gasteiger partial charge in [-0.2, -0.15) is 0 Å². The Balaban J connectivity index is 2.82. The molecule has 0 atom stereocenters. The first-order valence-electron chi connectivity index (χ1n) is 6.03. The molecule has 2 nitrogen and oxygen atoms in total. The fraction of sp³-hybridized carbons (Fsp3) is 0.571. The molecule has 1 aromatic rings. The Morgan fingerprint density at radius 2 is 1.65 bits per heavy atom. The zero-order chi connectivity index (χ0) is 13.1. The average molecular weight is 254 g/mol. The lowest BCUT2D eigenvalue weighted by molar-refractivity contribution is 0.329. The normalized spacial score (nSPS) is 12.7. The Morgan fingerprint density at radius 1 is 1.12 bits per heavy atom. The van der Waals surface area contributed by atoms with Crippen LogP contribution in [0.5, 0.6) is 0 Å². The van der Waals surface area contributed by atoms with Gasteiger partial charge in [-0.1, -0.05) is 39.3 Å². The Labute approximate surface area is 105 Å². The van der Waals surface area contributed by atoms with Crippen LogP contribution >= 0.6 is 0 Å². The second-order valence-electron chi connectivity index (χ2n) is 5.51. The van der Waals surface area contributed by atoms with Gasteiger partial charge in [-0.25, -0.2) is 8.42 Å². The molecule has 1 aromatic carbocycles. The summed E-state index contributed by atoms with van der Waals surface area (Å²) in [7, 11) is -3.07.